The molecule has 0 aliphatic heterocycles. The molecule has 1 fully saturated rings. The maximum atomic E-state index is 11.5. The number of carbonyl (C=O) groups excluding carboxylic acids is 1. The average molecular weight is 228 g/mol. The normalized spacial score (nSPS) is 17.9. The monoisotopic (exact) mass is 228 g/mol. The van der Waals surface area contributed by atoms with Gasteiger partial charge in [0.1, 0.15) is 0 Å². The Morgan fingerprint density at radius 2 is 2.19 bits per heavy atom. The molecule has 0 bridgehead atoms. The molecule has 0 aromatic carbocycles. The Balaban J connectivity index is 1.98. The second-order valence-electron chi connectivity index (χ2n) is 4.55. The molecule has 1 unspecified atom stereocenters. The van der Waals surface area contributed by atoms with Crippen LogP contribution in [0.1, 0.15) is 32.6 Å². The van der Waals surface area contributed by atoms with Gasteiger partial charge in [-0.25, -0.2) is 0 Å². The average Bonchev–Trinajstić information content (AvgIpc) is 2.21. The largest absolute Gasteiger partial charge is 0.383 e. The minimum atomic E-state index is -0.100. The third-order valence-corrected chi connectivity index (χ3v) is 3.23. The van der Waals surface area contributed by atoms with Gasteiger partial charge in [-0.15, -0.1) is 0 Å². The predicted molar refractivity (Wildman–Crippen MR) is 64.3 cm³/mol. The van der Waals surface area contributed by atoms with E-state index in [0.717, 1.165) is 12.5 Å². The van der Waals surface area contributed by atoms with Gasteiger partial charge in [0.25, 0.3) is 0 Å². The lowest BCUT2D eigenvalue weighted by Crippen LogP contribution is -2.43. The van der Waals surface area contributed by atoms with Crippen LogP contribution in [0.3, 0.4) is 0 Å². The molecule has 0 aromatic heterocycles. The van der Waals surface area contributed by atoms with E-state index in [1.165, 1.54) is 25.7 Å². The van der Waals surface area contributed by atoms with Crippen LogP contribution in [0.2, 0.25) is 0 Å². The van der Waals surface area contributed by atoms with Gasteiger partial charge in [-0.05, 0) is 25.8 Å². The van der Waals surface area contributed by atoms with Gasteiger partial charge < -0.3 is 15.4 Å². The van der Waals surface area contributed by atoms with Gasteiger partial charge in [-0.1, -0.05) is 19.3 Å². The summed E-state index contributed by atoms with van der Waals surface area (Å²) in [6, 6.07) is -0.100. The molecule has 1 saturated carbocycles. The standard InChI is InChI=1S/C12H24N2O2/c1-10(12(15)14-8-9-16-2)13-7-6-11-4-3-5-11/h10-11,13H,3-9H2,1-2H3,(H,14,15). The highest BCUT2D eigenvalue weighted by Crippen LogP contribution is 2.28. The number of carbonyl (C=O) groups is 1. The molecule has 1 amide bonds. The number of hydrogen-bond acceptors (Lipinski definition) is 3. The first kappa shape index (κ1) is 13.5. The van der Waals surface area contributed by atoms with Gasteiger partial charge >= 0.3 is 0 Å². The number of rotatable bonds is 8. The molecule has 0 saturated heterocycles. The van der Waals surface area contributed by atoms with Crippen molar-refractivity contribution >= 4 is 5.91 Å². The van der Waals surface area contributed by atoms with E-state index >= 15 is 0 Å². The smallest absolute Gasteiger partial charge is 0.236 e. The molecule has 0 aromatic rings. The van der Waals surface area contributed by atoms with Gasteiger partial charge in [0.15, 0.2) is 0 Å². The van der Waals surface area contributed by atoms with Crippen molar-refractivity contribution in [2.75, 3.05) is 26.8 Å². The van der Waals surface area contributed by atoms with Gasteiger partial charge in [0.2, 0.25) is 5.91 Å². The minimum Gasteiger partial charge on any atom is -0.383 e. The van der Waals surface area contributed by atoms with E-state index in [-0.39, 0.29) is 11.9 Å². The molecule has 94 valence electrons. The summed E-state index contributed by atoms with van der Waals surface area (Å²) in [5.41, 5.74) is 0. The van der Waals surface area contributed by atoms with Crippen LogP contribution in [-0.2, 0) is 9.53 Å². The summed E-state index contributed by atoms with van der Waals surface area (Å²) in [5, 5.41) is 6.08. The molecule has 1 aliphatic carbocycles. The van der Waals surface area contributed by atoms with Crippen molar-refractivity contribution in [2.45, 2.75) is 38.6 Å². The zero-order valence-corrected chi connectivity index (χ0v) is 10.4. The van der Waals surface area contributed by atoms with Crippen LogP contribution in [0.15, 0.2) is 0 Å². The highest BCUT2D eigenvalue weighted by Gasteiger charge is 2.17. The van der Waals surface area contributed by atoms with Crippen LogP contribution in [0.4, 0.5) is 0 Å². The summed E-state index contributed by atoms with van der Waals surface area (Å²) in [6.45, 7) is 4.01. The molecule has 0 spiro atoms. The van der Waals surface area contributed by atoms with Crippen LogP contribution < -0.4 is 10.6 Å². The Labute approximate surface area is 98.1 Å². The topological polar surface area (TPSA) is 50.4 Å². The third kappa shape index (κ3) is 4.94. The molecule has 1 atom stereocenters. The Morgan fingerprint density at radius 1 is 1.44 bits per heavy atom. The first-order chi connectivity index (χ1) is 7.74. The fraction of sp³-hybridized carbons (Fsp3) is 0.917. The fourth-order valence-electron chi connectivity index (χ4n) is 1.81. The predicted octanol–water partition coefficient (Wildman–Crippen LogP) is 0.917. The zero-order chi connectivity index (χ0) is 11.8. The van der Waals surface area contributed by atoms with Crippen molar-refractivity contribution in [3.05, 3.63) is 0 Å². The number of nitrogens with one attached hydrogen (secondary N) is 2. The van der Waals surface area contributed by atoms with E-state index in [9.17, 15) is 4.79 Å². The van der Waals surface area contributed by atoms with Gasteiger partial charge in [0.05, 0.1) is 12.6 Å². The lowest BCUT2D eigenvalue weighted by Gasteiger charge is -2.25. The SMILES string of the molecule is COCCNC(=O)C(C)NCCC1CCC1. The lowest BCUT2D eigenvalue weighted by atomic mass is 9.83. The van der Waals surface area contributed by atoms with Crippen molar-refractivity contribution < 1.29 is 9.53 Å². The number of ether oxygens (including phenoxy) is 1. The Morgan fingerprint density at radius 3 is 2.75 bits per heavy atom. The molecule has 0 radical (unpaired) electrons. The summed E-state index contributed by atoms with van der Waals surface area (Å²) >= 11 is 0. The maximum Gasteiger partial charge on any atom is 0.236 e. The first-order valence-electron chi connectivity index (χ1n) is 6.24. The Hall–Kier alpha value is -0.610. The van der Waals surface area contributed by atoms with Gasteiger partial charge in [-0.2, -0.15) is 0 Å². The second-order valence-corrected chi connectivity index (χ2v) is 4.55. The molecule has 1 rings (SSSR count). The lowest BCUT2D eigenvalue weighted by molar-refractivity contribution is -0.122. The van der Waals surface area contributed by atoms with Crippen LogP contribution in [0.25, 0.3) is 0 Å². The van der Waals surface area contributed by atoms with Crippen molar-refractivity contribution in [3.8, 4) is 0 Å². The molecule has 4 heteroatoms. The van der Waals surface area contributed by atoms with Crippen molar-refractivity contribution in [1.82, 2.24) is 10.6 Å². The Bertz CT molecular complexity index is 205. The second kappa shape index (κ2) is 7.63. The maximum absolute atomic E-state index is 11.5. The van der Waals surface area contributed by atoms with Crippen LogP contribution >= 0.6 is 0 Å². The third-order valence-electron chi connectivity index (χ3n) is 3.23. The summed E-state index contributed by atoms with van der Waals surface area (Å²) in [5.74, 6) is 0.960. The summed E-state index contributed by atoms with van der Waals surface area (Å²) < 4.78 is 4.87. The van der Waals surface area contributed by atoms with Crippen LogP contribution in [-0.4, -0.2) is 38.8 Å². The number of amides is 1. The van der Waals surface area contributed by atoms with E-state index in [2.05, 4.69) is 10.6 Å². The summed E-state index contributed by atoms with van der Waals surface area (Å²) in [4.78, 5) is 11.5. The Kier molecular flexibility index (Phi) is 6.42. The van der Waals surface area contributed by atoms with Crippen LogP contribution in [0.5, 0.6) is 0 Å². The highest BCUT2D eigenvalue weighted by atomic mass is 16.5. The van der Waals surface area contributed by atoms with E-state index in [1.807, 2.05) is 6.92 Å². The van der Waals surface area contributed by atoms with Crippen LogP contribution in [0, 0.1) is 5.92 Å². The van der Waals surface area contributed by atoms with Gasteiger partial charge in [0, 0.05) is 13.7 Å². The minimum absolute atomic E-state index is 0.0608. The summed E-state index contributed by atoms with van der Waals surface area (Å²) in [7, 11) is 1.63. The fourth-order valence-corrected chi connectivity index (χ4v) is 1.81. The number of hydrogen-bond donors (Lipinski definition) is 2. The van der Waals surface area contributed by atoms with Crippen molar-refractivity contribution in [3.63, 3.8) is 0 Å². The number of methoxy groups -OCH3 is 1. The molecule has 1 aliphatic rings. The van der Waals surface area contributed by atoms with Crippen molar-refractivity contribution in [2.24, 2.45) is 5.92 Å². The van der Waals surface area contributed by atoms with E-state index in [4.69, 9.17) is 4.74 Å². The molecular formula is C12H24N2O2. The first-order valence-corrected chi connectivity index (χ1v) is 6.24. The zero-order valence-electron chi connectivity index (χ0n) is 10.4. The molecular weight excluding hydrogens is 204 g/mol. The molecule has 0 heterocycles. The van der Waals surface area contributed by atoms with Crippen molar-refractivity contribution in [1.29, 1.82) is 0 Å². The quantitative estimate of drug-likeness (QED) is 0.607. The van der Waals surface area contributed by atoms with E-state index in [1.54, 1.807) is 7.11 Å². The summed E-state index contributed by atoms with van der Waals surface area (Å²) in [6.07, 6.45) is 5.33. The molecule has 4 nitrogen and oxygen atoms in total. The van der Waals surface area contributed by atoms with Gasteiger partial charge in [-0.3, -0.25) is 4.79 Å². The highest BCUT2D eigenvalue weighted by molar-refractivity contribution is 5.81. The van der Waals surface area contributed by atoms with E-state index < -0.39 is 0 Å². The van der Waals surface area contributed by atoms with E-state index in [0.29, 0.717) is 13.2 Å². The molecule has 16 heavy (non-hydrogen) atoms. The molecule has 2 N–H and O–H groups in total.